The van der Waals surface area contributed by atoms with Crippen LogP contribution in [-0.2, 0) is 0 Å². The van der Waals surface area contributed by atoms with E-state index in [1.807, 2.05) is 0 Å². The number of likely N-dealkylation sites (tertiary alicyclic amines) is 1. The molecule has 1 aliphatic rings. The molecule has 106 valence electrons. The predicted octanol–water partition coefficient (Wildman–Crippen LogP) is 3.95. The van der Waals surface area contributed by atoms with Crippen molar-refractivity contribution in [1.29, 1.82) is 0 Å². The molecule has 2 rings (SSSR count). The molecule has 2 atom stereocenters. The zero-order valence-electron chi connectivity index (χ0n) is 12.8. The van der Waals surface area contributed by atoms with Gasteiger partial charge in [-0.2, -0.15) is 0 Å². The summed E-state index contributed by atoms with van der Waals surface area (Å²) in [6, 6.07) is 9.42. The molecule has 1 N–H and O–H groups in total. The highest BCUT2D eigenvalue weighted by atomic mass is 15.1. The first-order chi connectivity index (χ1) is 9.06. The molecule has 0 aromatic heterocycles. The molecule has 1 saturated heterocycles. The summed E-state index contributed by atoms with van der Waals surface area (Å²) >= 11 is 0. The molecule has 1 aromatic carbocycles. The van der Waals surface area contributed by atoms with Gasteiger partial charge in [0.15, 0.2) is 0 Å². The Morgan fingerprint density at radius 1 is 1.26 bits per heavy atom. The van der Waals surface area contributed by atoms with E-state index in [0.717, 1.165) is 5.92 Å². The fraction of sp³-hybridized carbons (Fsp3) is 0.647. The number of hydrogen-bond acceptors (Lipinski definition) is 2. The number of hydrogen-bond donors (Lipinski definition) is 1. The normalized spacial score (nSPS) is 22.5. The van der Waals surface area contributed by atoms with Gasteiger partial charge in [-0.3, -0.25) is 0 Å². The topological polar surface area (TPSA) is 15.3 Å². The number of rotatable bonds is 4. The first kappa shape index (κ1) is 14.4. The Morgan fingerprint density at radius 2 is 2.05 bits per heavy atom. The van der Waals surface area contributed by atoms with Gasteiger partial charge in [-0.15, -0.1) is 0 Å². The number of nitrogens with zero attached hydrogens (tertiary/aromatic N) is 1. The summed E-state index contributed by atoms with van der Waals surface area (Å²) in [4.78, 5) is 2.46. The van der Waals surface area contributed by atoms with E-state index in [1.54, 1.807) is 0 Å². The van der Waals surface area contributed by atoms with Crippen molar-refractivity contribution in [2.45, 2.75) is 45.6 Å². The van der Waals surface area contributed by atoms with Crippen LogP contribution in [0.2, 0.25) is 0 Å². The number of benzene rings is 1. The van der Waals surface area contributed by atoms with E-state index in [-0.39, 0.29) is 0 Å². The van der Waals surface area contributed by atoms with Crippen molar-refractivity contribution in [1.82, 2.24) is 4.90 Å². The molecule has 2 heteroatoms. The molecule has 19 heavy (non-hydrogen) atoms. The first-order valence-electron chi connectivity index (χ1n) is 7.61. The van der Waals surface area contributed by atoms with E-state index in [4.69, 9.17) is 0 Å². The molecule has 2 unspecified atom stereocenters. The summed E-state index contributed by atoms with van der Waals surface area (Å²) < 4.78 is 0. The van der Waals surface area contributed by atoms with Gasteiger partial charge in [0.1, 0.15) is 0 Å². The summed E-state index contributed by atoms with van der Waals surface area (Å²) in [6.07, 6.45) is 2.68. The molecule has 0 aliphatic carbocycles. The van der Waals surface area contributed by atoms with Gasteiger partial charge in [0.25, 0.3) is 0 Å². The zero-order chi connectivity index (χ0) is 13.8. The monoisotopic (exact) mass is 260 g/mol. The molecule has 1 heterocycles. The van der Waals surface area contributed by atoms with Gasteiger partial charge < -0.3 is 10.2 Å². The third kappa shape index (κ3) is 3.97. The van der Waals surface area contributed by atoms with Crippen molar-refractivity contribution >= 4 is 5.69 Å². The summed E-state index contributed by atoms with van der Waals surface area (Å²) in [5, 5.41) is 3.70. The maximum absolute atomic E-state index is 3.70. The molecule has 0 spiro atoms. The Kier molecular flexibility index (Phi) is 4.87. The van der Waals surface area contributed by atoms with Gasteiger partial charge in [0, 0.05) is 18.3 Å². The van der Waals surface area contributed by atoms with Crippen LogP contribution < -0.4 is 5.32 Å². The third-order valence-electron chi connectivity index (χ3n) is 4.32. The molecule has 2 nitrogen and oxygen atoms in total. The Morgan fingerprint density at radius 3 is 2.74 bits per heavy atom. The predicted molar refractivity (Wildman–Crippen MR) is 83.8 cm³/mol. The number of piperidine rings is 1. The highest BCUT2D eigenvalue weighted by Crippen LogP contribution is 2.23. The lowest BCUT2D eigenvalue weighted by Crippen LogP contribution is -2.39. The average Bonchev–Trinajstić information content (AvgIpc) is 2.39. The van der Waals surface area contributed by atoms with Crippen LogP contribution in [-0.4, -0.2) is 31.1 Å². The zero-order valence-corrected chi connectivity index (χ0v) is 12.8. The van der Waals surface area contributed by atoms with Crippen molar-refractivity contribution in [2.75, 3.05) is 25.5 Å². The van der Waals surface area contributed by atoms with Gasteiger partial charge in [0.05, 0.1) is 0 Å². The van der Waals surface area contributed by atoms with Gasteiger partial charge in [-0.25, -0.2) is 0 Å². The fourth-order valence-electron chi connectivity index (χ4n) is 2.98. The standard InChI is InChI=1S/C17H28N2/c1-13(2)15-7-5-9-17(11-15)18-14(3)16-8-6-10-19(4)12-16/h5,7,9,11,13-14,16,18H,6,8,10,12H2,1-4H3. The SMILES string of the molecule is CC(C)c1cccc(NC(C)C2CCCN(C)C2)c1. The Bertz CT molecular complexity index is 400. The maximum atomic E-state index is 3.70. The number of nitrogens with one attached hydrogen (secondary N) is 1. The molecule has 1 aromatic rings. The Hall–Kier alpha value is -1.02. The van der Waals surface area contributed by atoms with E-state index in [0.29, 0.717) is 12.0 Å². The highest BCUT2D eigenvalue weighted by molar-refractivity contribution is 5.47. The molecule has 0 saturated carbocycles. The van der Waals surface area contributed by atoms with E-state index < -0.39 is 0 Å². The lowest BCUT2D eigenvalue weighted by molar-refractivity contribution is 0.197. The van der Waals surface area contributed by atoms with Crippen LogP contribution in [0.1, 0.15) is 45.1 Å². The van der Waals surface area contributed by atoms with Crippen LogP contribution in [0.25, 0.3) is 0 Å². The van der Waals surface area contributed by atoms with Crippen molar-refractivity contribution in [3.63, 3.8) is 0 Å². The van der Waals surface area contributed by atoms with Crippen LogP contribution in [0, 0.1) is 5.92 Å². The van der Waals surface area contributed by atoms with E-state index >= 15 is 0 Å². The minimum Gasteiger partial charge on any atom is -0.382 e. The van der Waals surface area contributed by atoms with Crippen molar-refractivity contribution in [2.24, 2.45) is 5.92 Å². The van der Waals surface area contributed by atoms with Gasteiger partial charge >= 0.3 is 0 Å². The lowest BCUT2D eigenvalue weighted by atomic mass is 9.91. The third-order valence-corrected chi connectivity index (χ3v) is 4.32. The Balaban J connectivity index is 1.98. The molecular weight excluding hydrogens is 232 g/mol. The van der Waals surface area contributed by atoms with Crippen LogP contribution in [0.4, 0.5) is 5.69 Å². The summed E-state index contributed by atoms with van der Waals surface area (Å²) in [5.41, 5.74) is 2.69. The van der Waals surface area contributed by atoms with Crippen LogP contribution in [0.5, 0.6) is 0 Å². The van der Waals surface area contributed by atoms with E-state index in [1.165, 1.54) is 37.2 Å². The van der Waals surface area contributed by atoms with Crippen LogP contribution >= 0.6 is 0 Å². The van der Waals surface area contributed by atoms with E-state index in [2.05, 4.69) is 62.3 Å². The second kappa shape index (κ2) is 6.42. The Labute approximate surface area is 118 Å². The minimum atomic E-state index is 0.546. The quantitative estimate of drug-likeness (QED) is 0.881. The lowest BCUT2D eigenvalue weighted by Gasteiger charge is -2.34. The molecule has 0 amide bonds. The second-order valence-corrected chi connectivity index (χ2v) is 6.38. The highest BCUT2D eigenvalue weighted by Gasteiger charge is 2.22. The second-order valence-electron chi connectivity index (χ2n) is 6.38. The first-order valence-corrected chi connectivity index (χ1v) is 7.61. The van der Waals surface area contributed by atoms with Crippen LogP contribution in [0.3, 0.4) is 0 Å². The minimum absolute atomic E-state index is 0.546. The number of anilines is 1. The molecule has 1 fully saturated rings. The van der Waals surface area contributed by atoms with Gasteiger partial charge in [-0.05, 0) is 62.9 Å². The van der Waals surface area contributed by atoms with Crippen molar-refractivity contribution in [3.05, 3.63) is 29.8 Å². The van der Waals surface area contributed by atoms with Gasteiger partial charge in [0.2, 0.25) is 0 Å². The smallest absolute Gasteiger partial charge is 0.0345 e. The molecular formula is C17H28N2. The molecule has 1 aliphatic heterocycles. The van der Waals surface area contributed by atoms with Gasteiger partial charge in [-0.1, -0.05) is 26.0 Å². The average molecular weight is 260 g/mol. The summed E-state index contributed by atoms with van der Waals surface area (Å²) in [5.74, 6) is 1.36. The maximum Gasteiger partial charge on any atom is 0.0345 e. The molecule has 0 bridgehead atoms. The van der Waals surface area contributed by atoms with E-state index in [9.17, 15) is 0 Å². The van der Waals surface area contributed by atoms with Crippen molar-refractivity contribution < 1.29 is 0 Å². The molecule has 0 radical (unpaired) electrons. The summed E-state index contributed by atoms with van der Waals surface area (Å²) in [7, 11) is 2.23. The summed E-state index contributed by atoms with van der Waals surface area (Å²) in [6.45, 7) is 9.30. The fourth-order valence-corrected chi connectivity index (χ4v) is 2.98. The van der Waals surface area contributed by atoms with Crippen LogP contribution in [0.15, 0.2) is 24.3 Å². The largest absolute Gasteiger partial charge is 0.382 e. The van der Waals surface area contributed by atoms with Crippen molar-refractivity contribution in [3.8, 4) is 0 Å².